The smallest absolute Gasteiger partial charge is 0.352 e. The van der Waals surface area contributed by atoms with Crippen LogP contribution in [0.1, 0.15) is 97.2 Å². The maximum atomic E-state index is 14.3. The van der Waals surface area contributed by atoms with Crippen LogP contribution in [0.2, 0.25) is 0 Å². The number of carbonyl (C=O) groups excluding carboxylic acids is 2. The van der Waals surface area contributed by atoms with Crippen LogP contribution in [0.25, 0.3) is 22.3 Å². The monoisotopic (exact) mass is 682 g/mol. The molecule has 0 spiro atoms. The zero-order valence-corrected chi connectivity index (χ0v) is 27.9. The summed E-state index contributed by atoms with van der Waals surface area (Å²) < 4.78 is 85.8. The van der Waals surface area contributed by atoms with Crippen LogP contribution < -0.4 is 10.6 Å². The summed E-state index contributed by atoms with van der Waals surface area (Å²) in [5.74, 6) is -0.858. The van der Waals surface area contributed by atoms with Crippen LogP contribution in [-0.4, -0.2) is 18.4 Å². The minimum Gasteiger partial charge on any atom is -0.352 e. The predicted molar refractivity (Wildman–Crippen MR) is 182 cm³/mol. The number of benzene rings is 4. The minimum atomic E-state index is -5.01. The van der Waals surface area contributed by atoms with E-state index in [9.17, 15) is 35.9 Å². The van der Waals surface area contributed by atoms with E-state index >= 15 is 0 Å². The van der Waals surface area contributed by atoms with Gasteiger partial charge >= 0.3 is 12.4 Å². The number of halogens is 6. The van der Waals surface area contributed by atoms with Crippen LogP contribution in [0.3, 0.4) is 0 Å². The summed E-state index contributed by atoms with van der Waals surface area (Å²) in [5, 5.41) is 5.32. The molecule has 260 valence electrons. The summed E-state index contributed by atoms with van der Waals surface area (Å²) >= 11 is 0. The Balaban J connectivity index is 1.56. The molecular weight excluding hydrogens is 642 g/mol. The highest BCUT2D eigenvalue weighted by Crippen LogP contribution is 2.45. The highest BCUT2D eigenvalue weighted by atomic mass is 19.4. The lowest BCUT2D eigenvalue weighted by molar-refractivity contribution is -0.139. The lowest BCUT2D eigenvalue weighted by Gasteiger charge is -2.29. The van der Waals surface area contributed by atoms with Gasteiger partial charge in [0.1, 0.15) is 0 Å². The minimum absolute atomic E-state index is 0.161. The number of alkyl halides is 6. The van der Waals surface area contributed by atoms with Crippen molar-refractivity contribution < 1.29 is 35.9 Å². The zero-order valence-electron chi connectivity index (χ0n) is 27.9. The van der Waals surface area contributed by atoms with Crippen molar-refractivity contribution in [3.05, 3.63) is 113 Å². The molecule has 0 aromatic heterocycles. The van der Waals surface area contributed by atoms with Crippen molar-refractivity contribution in [2.24, 2.45) is 0 Å². The fourth-order valence-corrected chi connectivity index (χ4v) is 5.65. The van der Waals surface area contributed by atoms with Crippen LogP contribution in [0.15, 0.2) is 84.9 Å². The molecule has 2 N–H and O–H groups in total. The first-order valence-electron chi connectivity index (χ1n) is 16.3. The van der Waals surface area contributed by atoms with Gasteiger partial charge in [-0.15, -0.1) is 0 Å². The van der Waals surface area contributed by atoms with Gasteiger partial charge in [0.15, 0.2) is 0 Å². The second-order valence-electron chi connectivity index (χ2n) is 12.4. The van der Waals surface area contributed by atoms with Gasteiger partial charge in [0, 0.05) is 23.4 Å². The molecule has 49 heavy (non-hydrogen) atoms. The molecule has 0 heterocycles. The molecule has 2 amide bonds. The van der Waals surface area contributed by atoms with Gasteiger partial charge in [-0.25, -0.2) is 0 Å². The topological polar surface area (TPSA) is 58.2 Å². The van der Waals surface area contributed by atoms with Gasteiger partial charge in [0.25, 0.3) is 11.8 Å². The van der Waals surface area contributed by atoms with Gasteiger partial charge in [-0.05, 0) is 95.0 Å². The summed E-state index contributed by atoms with van der Waals surface area (Å²) in [6.45, 7) is 8.21. The Hall–Kier alpha value is -4.60. The van der Waals surface area contributed by atoms with Gasteiger partial charge in [0.2, 0.25) is 0 Å². The third-order valence-electron chi connectivity index (χ3n) is 9.15. The highest BCUT2D eigenvalue weighted by molar-refractivity contribution is 6.04. The van der Waals surface area contributed by atoms with Crippen LogP contribution in [0, 0.1) is 0 Å². The Labute approximate surface area is 282 Å². The molecule has 0 unspecified atom stereocenters. The first-order chi connectivity index (χ1) is 23.1. The van der Waals surface area contributed by atoms with Crippen molar-refractivity contribution in [3.8, 4) is 22.3 Å². The lowest BCUT2D eigenvalue weighted by atomic mass is 9.76. The van der Waals surface area contributed by atoms with E-state index < -0.39 is 45.9 Å². The Kier molecular flexibility index (Phi) is 11.6. The SMILES string of the molecule is CCCCCNC(=O)c1ccc(-c2ccc(C(=O)Nc3ccc(-c4ccc(C(C)(CC)CC)cc4C(F)(F)F)c(C(F)(F)F)c3)cc2)cc1. The fraction of sp³-hybridized carbons (Fsp3) is 0.333. The molecule has 4 nitrogen and oxygen atoms in total. The van der Waals surface area contributed by atoms with Crippen molar-refractivity contribution in [1.82, 2.24) is 5.32 Å². The molecule has 0 fully saturated rings. The van der Waals surface area contributed by atoms with E-state index in [-0.39, 0.29) is 17.2 Å². The van der Waals surface area contributed by atoms with E-state index in [0.717, 1.165) is 54.7 Å². The third kappa shape index (κ3) is 8.90. The molecular formula is C39H40F6N2O2. The second kappa shape index (κ2) is 15.3. The number of rotatable bonds is 12. The number of amides is 2. The van der Waals surface area contributed by atoms with Gasteiger partial charge in [-0.2, -0.15) is 26.3 Å². The van der Waals surface area contributed by atoms with E-state index in [1.807, 2.05) is 20.8 Å². The van der Waals surface area contributed by atoms with Crippen LogP contribution >= 0.6 is 0 Å². The highest BCUT2D eigenvalue weighted by Gasteiger charge is 2.39. The summed E-state index contributed by atoms with van der Waals surface area (Å²) in [6.07, 6.45) is -5.81. The molecule has 0 saturated carbocycles. The van der Waals surface area contributed by atoms with Crippen molar-refractivity contribution in [1.29, 1.82) is 0 Å². The van der Waals surface area contributed by atoms with E-state index in [2.05, 4.69) is 17.6 Å². The summed E-state index contributed by atoms with van der Waals surface area (Å²) in [5.41, 5.74) is -1.86. The number of unbranched alkanes of at least 4 members (excludes halogenated alkanes) is 2. The maximum absolute atomic E-state index is 14.3. The number of carbonyl (C=O) groups is 2. The molecule has 0 atom stereocenters. The summed E-state index contributed by atoms with van der Waals surface area (Å²) in [4.78, 5) is 25.4. The van der Waals surface area contributed by atoms with Crippen LogP contribution in [-0.2, 0) is 17.8 Å². The van der Waals surface area contributed by atoms with Crippen molar-refractivity contribution in [2.75, 3.05) is 11.9 Å². The standard InChI is InChI=1S/C39H40F6N2O2/c1-5-8-9-22-46-35(48)27-14-10-25(11-15-27)26-12-16-28(17-13-26)36(49)47-30-19-21-32(34(24-30)39(43,44)45)31-20-18-29(37(4,6-2)7-3)23-33(31)38(40,41)42/h10-21,23-24H,5-9,22H2,1-4H3,(H,46,48)(H,47,49). The normalized spacial score (nSPS) is 12.1. The average Bonchev–Trinajstić information content (AvgIpc) is 3.08. The van der Waals surface area contributed by atoms with Crippen molar-refractivity contribution >= 4 is 17.5 Å². The zero-order chi connectivity index (χ0) is 36.0. The van der Waals surface area contributed by atoms with E-state index in [1.165, 1.54) is 18.2 Å². The molecule has 0 aliphatic carbocycles. The summed E-state index contributed by atoms with van der Waals surface area (Å²) in [7, 11) is 0. The maximum Gasteiger partial charge on any atom is 0.417 e. The van der Waals surface area contributed by atoms with E-state index in [0.29, 0.717) is 36.6 Å². The van der Waals surface area contributed by atoms with Gasteiger partial charge < -0.3 is 10.6 Å². The predicted octanol–water partition coefficient (Wildman–Crippen LogP) is 11.3. The first kappa shape index (κ1) is 37.2. The second-order valence-corrected chi connectivity index (χ2v) is 12.4. The van der Waals surface area contributed by atoms with E-state index in [1.54, 1.807) is 36.4 Å². The molecule has 0 saturated heterocycles. The van der Waals surface area contributed by atoms with Crippen molar-refractivity contribution in [2.45, 2.75) is 77.6 Å². The molecule has 0 radical (unpaired) electrons. The molecule has 0 bridgehead atoms. The number of nitrogens with one attached hydrogen (secondary N) is 2. The third-order valence-corrected chi connectivity index (χ3v) is 9.15. The van der Waals surface area contributed by atoms with E-state index in [4.69, 9.17) is 0 Å². The molecule has 10 heteroatoms. The van der Waals surface area contributed by atoms with Crippen LogP contribution in [0.5, 0.6) is 0 Å². The molecule has 4 aromatic carbocycles. The van der Waals surface area contributed by atoms with Gasteiger partial charge in [-0.1, -0.05) is 83.0 Å². The molecule has 0 aliphatic rings. The average molecular weight is 683 g/mol. The fourth-order valence-electron chi connectivity index (χ4n) is 5.65. The van der Waals surface area contributed by atoms with Crippen LogP contribution in [0.4, 0.5) is 32.0 Å². The Morgan fingerprint density at radius 3 is 1.59 bits per heavy atom. The molecule has 4 rings (SSSR count). The number of hydrogen-bond donors (Lipinski definition) is 2. The number of hydrogen-bond acceptors (Lipinski definition) is 2. The van der Waals surface area contributed by atoms with Gasteiger partial charge in [0.05, 0.1) is 11.1 Å². The lowest BCUT2D eigenvalue weighted by Crippen LogP contribution is -2.24. The molecule has 4 aromatic rings. The first-order valence-corrected chi connectivity index (χ1v) is 16.3. The number of anilines is 1. The summed E-state index contributed by atoms with van der Waals surface area (Å²) in [6, 6.07) is 19.6. The quantitative estimate of drug-likeness (QED) is 0.115. The Morgan fingerprint density at radius 2 is 1.10 bits per heavy atom. The van der Waals surface area contributed by atoms with Crippen molar-refractivity contribution in [3.63, 3.8) is 0 Å². The van der Waals surface area contributed by atoms with Gasteiger partial charge in [-0.3, -0.25) is 9.59 Å². The molecule has 0 aliphatic heterocycles. The Morgan fingerprint density at radius 1 is 0.612 bits per heavy atom. The Bertz CT molecular complexity index is 1760. The largest absolute Gasteiger partial charge is 0.417 e.